The molecule has 0 unspecified atom stereocenters. The molecule has 0 saturated heterocycles. The Morgan fingerprint density at radius 1 is 1.17 bits per heavy atom. The number of anilines is 1. The number of ether oxygens (including phenoxy) is 1. The fraction of sp³-hybridized carbons (Fsp3) is 0.278. The van der Waals surface area contributed by atoms with Gasteiger partial charge in [0.1, 0.15) is 24.0 Å². The van der Waals surface area contributed by atoms with Crippen LogP contribution in [0.3, 0.4) is 0 Å². The van der Waals surface area contributed by atoms with Gasteiger partial charge in [0.25, 0.3) is 0 Å². The largest absolute Gasteiger partial charge is 0.489 e. The van der Waals surface area contributed by atoms with Crippen LogP contribution in [0.5, 0.6) is 5.75 Å². The average Bonchev–Trinajstić information content (AvgIpc) is 2.55. The second-order valence-corrected chi connectivity index (χ2v) is 5.72. The highest BCUT2D eigenvalue weighted by Gasteiger charge is 2.10. The highest BCUT2D eigenvalue weighted by molar-refractivity contribution is 5.89. The minimum Gasteiger partial charge on any atom is -0.489 e. The van der Waals surface area contributed by atoms with Gasteiger partial charge in [-0.05, 0) is 35.7 Å². The fourth-order valence-electron chi connectivity index (χ4n) is 1.85. The average molecular weight is 333 g/mol. The second-order valence-electron chi connectivity index (χ2n) is 5.72. The summed E-state index contributed by atoms with van der Waals surface area (Å²) in [6.45, 7) is 4.44. The van der Waals surface area contributed by atoms with E-state index in [9.17, 15) is 13.6 Å². The summed E-state index contributed by atoms with van der Waals surface area (Å²) in [6.07, 6.45) is 0. The van der Waals surface area contributed by atoms with E-state index in [1.54, 1.807) is 18.2 Å². The van der Waals surface area contributed by atoms with Gasteiger partial charge in [-0.15, -0.1) is 0 Å². The Morgan fingerprint density at radius 3 is 2.50 bits per heavy atom. The maximum absolute atomic E-state index is 14.0. The third-order valence-corrected chi connectivity index (χ3v) is 3.10. The van der Waals surface area contributed by atoms with Crippen molar-refractivity contribution in [2.75, 3.05) is 11.9 Å². The van der Waals surface area contributed by atoms with Gasteiger partial charge in [-0.3, -0.25) is 0 Å². The first-order valence-electron chi connectivity index (χ1n) is 7.59. The van der Waals surface area contributed by atoms with Crippen LogP contribution in [0.25, 0.3) is 0 Å². The molecule has 2 amide bonds. The Morgan fingerprint density at radius 2 is 1.88 bits per heavy atom. The van der Waals surface area contributed by atoms with E-state index in [0.717, 1.165) is 5.56 Å². The fourth-order valence-corrected chi connectivity index (χ4v) is 1.85. The van der Waals surface area contributed by atoms with Crippen molar-refractivity contribution >= 4 is 11.7 Å². The molecular weight excluding hydrogens is 314 g/mol. The maximum Gasteiger partial charge on any atom is 0.340 e. The summed E-state index contributed by atoms with van der Waals surface area (Å²) in [5, 5.41) is 6.18. The summed E-state index contributed by atoms with van der Waals surface area (Å²) in [7, 11) is 0. The Bertz CT molecular complexity index is 688. The summed E-state index contributed by atoms with van der Waals surface area (Å²) >= 11 is 0. The predicted molar refractivity (Wildman–Crippen MR) is 88.0 cm³/mol. The van der Waals surface area contributed by atoms with E-state index >= 15 is 0 Å². The zero-order chi connectivity index (χ0) is 17.5. The van der Waals surface area contributed by atoms with Gasteiger partial charge in [-0.25, -0.2) is 18.9 Å². The van der Waals surface area contributed by atoms with E-state index in [2.05, 4.69) is 10.6 Å². The van der Waals surface area contributed by atoms with Gasteiger partial charge in [-0.1, -0.05) is 26.0 Å². The minimum absolute atomic E-state index is 0.0432. The van der Waals surface area contributed by atoms with Crippen LogP contribution in [-0.2, 0) is 6.61 Å². The lowest BCUT2D eigenvalue weighted by Gasteiger charge is -2.10. The number of rotatable bonds is 6. The predicted octanol–water partition coefficient (Wildman–Crippen LogP) is 4.34. The zero-order valence-corrected chi connectivity index (χ0v) is 13.6. The van der Waals surface area contributed by atoms with Crippen molar-refractivity contribution in [2.24, 2.45) is 5.92 Å². The van der Waals surface area contributed by atoms with Crippen LogP contribution in [0.15, 0.2) is 42.5 Å². The lowest BCUT2D eigenvalue weighted by Crippen LogP contribution is -2.25. The van der Waals surface area contributed by atoms with Crippen molar-refractivity contribution in [2.45, 2.75) is 20.5 Å². The van der Waals surface area contributed by atoms with Crippen molar-refractivity contribution in [1.82, 2.24) is 5.32 Å². The van der Waals surface area contributed by atoms with E-state index in [1.807, 2.05) is 13.8 Å². The lowest BCUT2D eigenvalue weighted by molar-refractivity contribution is 0.250. The summed E-state index contributed by atoms with van der Waals surface area (Å²) < 4.78 is 32.3. The molecule has 2 rings (SSSR count). The third-order valence-electron chi connectivity index (χ3n) is 3.10. The molecule has 4 nitrogen and oxygen atoms in total. The van der Waals surface area contributed by atoms with Gasteiger partial charge in [0.2, 0.25) is 0 Å². The Kier molecular flexibility index (Phi) is 6.12. The van der Waals surface area contributed by atoms with Crippen LogP contribution in [-0.4, -0.2) is 12.6 Å². The van der Waals surface area contributed by atoms with Crippen LogP contribution in [0.4, 0.5) is 19.3 Å². The topological polar surface area (TPSA) is 52.4 Å². The number of carbonyl (C=O) groups excluding carboxylic acids is 1. The number of hydrogen-bond acceptors (Lipinski definition) is 2. The molecule has 0 spiro atoms. The van der Waals surface area contributed by atoms with Gasteiger partial charge in [0.05, 0.1) is 5.69 Å². The monoisotopic (exact) mass is 333 g/mol. The molecule has 1 radical (unpaired) electrons. The number of benzene rings is 2. The molecule has 0 aliphatic heterocycles. The van der Waals surface area contributed by atoms with Gasteiger partial charge in [0, 0.05) is 12.6 Å². The quantitative estimate of drug-likeness (QED) is 0.855. The van der Waals surface area contributed by atoms with Gasteiger partial charge >= 0.3 is 6.03 Å². The SMILES string of the molecule is CC(C)C[N]C(=O)Nc1ccc(OCc2ccc(F)cc2)cc1F. The summed E-state index contributed by atoms with van der Waals surface area (Å²) in [5.41, 5.74) is 0.809. The molecule has 0 bridgehead atoms. The molecule has 0 aromatic heterocycles. The normalized spacial score (nSPS) is 10.5. The van der Waals surface area contributed by atoms with E-state index < -0.39 is 11.8 Å². The van der Waals surface area contributed by atoms with Crippen molar-refractivity contribution in [3.05, 3.63) is 59.7 Å². The van der Waals surface area contributed by atoms with Crippen molar-refractivity contribution in [3.8, 4) is 5.75 Å². The molecule has 127 valence electrons. The molecule has 2 aromatic rings. The summed E-state index contributed by atoms with van der Waals surface area (Å²) in [4.78, 5) is 11.6. The van der Waals surface area contributed by atoms with E-state index in [4.69, 9.17) is 4.74 Å². The van der Waals surface area contributed by atoms with Crippen LogP contribution in [0.1, 0.15) is 19.4 Å². The first kappa shape index (κ1) is 17.7. The molecule has 0 heterocycles. The Balaban J connectivity index is 1.91. The smallest absolute Gasteiger partial charge is 0.340 e. The first-order valence-corrected chi connectivity index (χ1v) is 7.59. The molecule has 0 aliphatic carbocycles. The molecule has 24 heavy (non-hydrogen) atoms. The van der Waals surface area contributed by atoms with E-state index in [0.29, 0.717) is 12.3 Å². The third kappa shape index (κ3) is 5.53. The van der Waals surface area contributed by atoms with E-state index in [-0.39, 0.29) is 24.0 Å². The molecule has 0 saturated carbocycles. The van der Waals surface area contributed by atoms with Crippen molar-refractivity contribution in [3.63, 3.8) is 0 Å². The molecule has 0 fully saturated rings. The number of nitrogens with zero attached hydrogens (tertiary/aromatic N) is 1. The highest BCUT2D eigenvalue weighted by atomic mass is 19.1. The molecule has 1 N–H and O–H groups in total. The number of amides is 2. The first-order chi connectivity index (χ1) is 11.4. The van der Waals surface area contributed by atoms with Gasteiger partial charge in [0.15, 0.2) is 0 Å². The van der Waals surface area contributed by atoms with Crippen LogP contribution >= 0.6 is 0 Å². The molecule has 0 atom stereocenters. The van der Waals surface area contributed by atoms with Crippen LogP contribution in [0, 0.1) is 17.6 Å². The van der Waals surface area contributed by atoms with Crippen molar-refractivity contribution in [1.29, 1.82) is 0 Å². The van der Waals surface area contributed by atoms with Gasteiger partial charge < -0.3 is 10.1 Å². The molecular formula is C18H19F2N2O2. The number of carbonyl (C=O) groups is 1. The second kappa shape index (κ2) is 8.29. The number of urea groups is 1. The highest BCUT2D eigenvalue weighted by Crippen LogP contribution is 2.21. The van der Waals surface area contributed by atoms with Crippen LogP contribution in [0.2, 0.25) is 0 Å². The number of nitrogens with one attached hydrogen (secondary N) is 1. The van der Waals surface area contributed by atoms with E-state index in [1.165, 1.54) is 24.3 Å². The molecule has 2 aromatic carbocycles. The summed E-state index contributed by atoms with van der Waals surface area (Å²) in [5.74, 6) is -0.371. The lowest BCUT2D eigenvalue weighted by atomic mass is 10.2. The molecule has 0 aliphatic rings. The molecule has 6 heteroatoms. The minimum atomic E-state index is -0.611. The zero-order valence-electron chi connectivity index (χ0n) is 13.6. The van der Waals surface area contributed by atoms with Crippen molar-refractivity contribution < 1.29 is 18.3 Å². The maximum atomic E-state index is 14.0. The standard InChI is InChI=1S/C18H19F2N2O2/c1-12(2)10-21-18(23)22-17-8-7-15(9-16(17)20)24-11-13-3-5-14(19)6-4-13/h3-9,12H,10-11H2,1-2H3,(H,22,23). The Hall–Kier alpha value is -2.63. The number of hydrogen-bond donors (Lipinski definition) is 1. The number of halogens is 2. The van der Waals surface area contributed by atoms with Crippen LogP contribution < -0.4 is 15.4 Å². The Labute approximate surface area is 139 Å². The summed E-state index contributed by atoms with van der Waals surface area (Å²) in [6, 6.07) is 9.41. The van der Waals surface area contributed by atoms with Gasteiger partial charge in [-0.2, -0.15) is 0 Å².